The van der Waals surface area contributed by atoms with Gasteiger partial charge in [0.05, 0.1) is 4.90 Å². The van der Waals surface area contributed by atoms with E-state index >= 15 is 0 Å². The van der Waals surface area contributed by atoms with E-state index in [1.807, 2.05) is 12.1 Å². The van der Waals surface area contributed by atoms with Crippen molar-refractivity contribution in [2.75, 3.05) is 20.1 Å². The molecule has 1 fully saturated rings. The van der Waals surface area contributed by atoms with Crippen molar-refractivity contribution in [2.24, 2.45) is 0 Å². The van der Waals surface area contributed by atoms with Gasteiger partial charge in [0.15, 0.2) is 0 Å². The van der Waals surface area contributed by atoms with Crippen LogP contribution in [0.5, 0.6) is 0 Å². The van der Waals surface area contributed by atoms with E-state index in [2.05, 4.69) is 12.2 Å². The van der Waals surface area contributed by atoms with E-state index in [0.29, 0.717) is 4.90 Å². The van der Waals surface area contributed by atoms with Crippen LogP contribution < -0.4 is 5.32 Å². The Morgan fingerprint density at radius 3 is 2.38 bits per heavy atom. The summed E-state index contributed by atoms with van der Waals surface area (Å²) >= 11 is 0. The molecule has 0 saturated heterocycles. The number of hydrogen-bond acceptors (Lipinski definition) is 3. The first-order chi connectivity index (χ1) is 10.1. The standard InChI is InChI=1S/C16H26N2O2S/c1-3-12-17-13-11-14-7-9-16(10-8-14)21(19,20)18(2)15-5-4-6-15/h7-10,15,17H,3-6,11-13H2,1-2H3. The Labute approximate surface area is 128 Å². The van der Waals surface area contributed by atoms with Gasteiger partial charge >= 0.3 is 0 Å². The smallest absolute Gasteiger partial charge is 0.243 e. The van der Waals surface area contributed by atoms with Crippen LogP contribution in [-0.4, -0.2) is 38.9 Å². The summed E-state index contributed by atoms with van der Waals surface area (Å²) in [7, 11) is -1.63. The zero-order valence-electron chi connectivity index (χ0n) is 13.0. The Balaban J connectivity index is 1.97. The van der Waals surface area contributed by atoms with Crippen molar-refractivity contribution in [3.05, 3.63) is 29.8 Å². The Bertz CT molecular complexity index is 536. The van der Waals surface area contributed by atoms with Crippen molar-refractivity contribution < 1.29 is 8.42 Å². The third kappa shape index (κ3) is 4.05. The Morgan fingerprint density at radius 2 is 1.86 bits per heavy atom. The number of nitrogens with one attached hydrogen (secondary N) is 1. The highest BCUT2D eigenvalue weighted by atomic mass is 32.2. The molecule has 1 aliphatic rings. The number of sulfonamides is 1. The molecular weight excluding hydrogens is 284 g/mol. The average molecular weight is 310 g/mol. The van der Waals surface area contributed by atoms with E-state index in [1.54, 1.807) is 19.2 Å². The third-order valence-electron chi connectivity index (χ3n) is 4.21. The maximum Gasteiger partial charge on any atom is 0.243 e. The van der Waals surface area contributed by atoms with Crippen molar-refractivity contribution in [2.45, 2.75) is 50.0 Å². The van der Waals surface area contributed by atoms with Crippen LogP contribution in [0.3, 0.4) is 0 Å². The molecule has 0 bridgehead atoms. The molecule has 0 amide bonds. The molecule has 0 spiro atoms. The van der Waals surface area contributed by atoms with Gasteiger partial charge in [0.1, 0.15) is 0 Å². The number of nitrogens with zero attached hydrogens (tertiary/aromatic N) is 1. The zero-order valence-corrected chi connectivity index (χ0v) is 13.8. The largest absolute Gasteiger partial charge is 0.316 e. The molecule has 5 heteroatoms. The third-order valence-corrected chi connectivity index (χ3v) is 6.13. The predicted molar refractivity (Wildman–Crippen MR) is 85.9 cm³/mol. The lowest BCUT2D eigenvalue weighted by molar-refractivity contribution is 0.249. The highest BCUT2D eigenvalue weighted by molar-refractivity contribution is 7.89. The van der Waals surface area contributed by atoms with Crippen LogP contribution >= 0.6 is 0 Å². The van der Waals surface area contributed by atoms with E-state index in [0.717, 1.165) is 45.2 Å². The molecule has 4 nitrogen and oxygen atoms in total. The zero-order chi connectivity index (χ0) is 15.3. The Kier molecular flexibility index (Phi) is 5.79. The summed E-state index contributed by atoms with van der Waals surface area (Å²) in [4.78, 5) is 0.405. The summed E-state index contributed by atoms with van der Waals surface area (Å²) in [5.74, 6) is 0. The second kappa shape index (κ2) is 7.38. The molecule has 1 aromatic rings. The normalized spacial score (nSPS) is 16.1. The van der Waals surface area contributed by atoms with Gasteiger partial charge in [0.25, 0.3) is 0 Å². The molecule has 1 N–H and O–H groups in total. The van der Waals surface area contributed by atoms with Crippen LogP contribution in [0.2, 0.25) is 0 Å². The Hall–Kier alpha value is -0.910. The van der Waals surface area contributed by atoms with Crippen molar-refractivity contribution in [1.82, 2.24) is 9.62 Å². The van der Waals surface area contributed by atoms with Crippen LogP contribution in [0.4, 0.5) is 0 Å². The second-order valence-electron chi connectivity index (χ2n) is 5.75. The van der Waals surface area contributed by atoms with Crippen molar-refractivity contribution >= 4 is 10.0 Å². The van der Waals surface area contributed by atoms with Gasteiger partial charge in [-0.25, -0.2) is 8.42 Å². The van der Waals surface area contributed by atoms with Gasteiger partial charge in [0, 0.05) is 13.1 Å². The van der Waals surface area contributed by atoms with Gasteiger partial charge in [-0.3, -0.25) is 0 Å². The first kappa shape index (κ1) is 16.5. The molecule has 0 unspecified atom stereocenters. The van der Waals surface area contributed by atoms with Gasteiger partial charge in [0.2, 0.25) is 10.0 Å². The van der Waals surface area contributed by atoms with E-state index < -0.39 is 10.0 Å². The first-order valence-corrected chi connectivity index (χ1v) is 9.27. The van der Waals surface area contributed by atoms with Crippen LogP contribution in [0, 0.1) is 0 Å². The molecule has 2 rings (SSSR count). The quantitative estimate of drug-likeness (QED) is 0.750. The average Bonchev–Trinajstić information content (AvgIpc) is 2.42. The van der Waals surface area contributed by atoms with Gasteiger partial charge < -0.3 is 5.32 Å². The maximum absolute atomic E-state index is 12.5. The minimum atomic E-state index is -3.33. The molecule has 0 atom stereocenters. The number of rotatable bonds is 8. The monoisotopic (exact) mass is 310 g/mol. The van der Waals surface area contributed by atoms with Crippen LogP contribution in [-0.2, 0) is 16.4 Å². The minimum Gasteiger partial charge on any atom is -0.316 e. The van der Waals surface area contributed by atoms with Gasteiger partial charge in [-0.1, -0.05) is 25.5 Å². The van der Waals surface area contributed by atoms with Gasteiger partial charge in [-0.15, -0.1) is 0 Å². The lowest BCUT2D eigenvalue weighted by Crippen LogP contribution is -2.41. The Morgan fingerprint density at radius 1 is 1.19 bits per heavy atom. The van der Waals surface area contributed by atoms with Gasteiger partial charge in [-0.05, 0) is 56.5 Å². The topological polar surface area (TPSA) is 49.4 Å². The molecule has 21 heavy (non-hydrogen) atoms. The lowest BCUT2D eigenvalue weighted by atomic mass is 9.94. The minimum absolute atomic E-state index is 0.188. The lowest BCUT2D eigenvalue weighted by Gasteiger charge is -2.33. The number of benzene rings is 1. The molecule has 118 valence electrons. The molecule has 0 aliphatic heterocycles. The van der Waals surface area contributed by atoms with E-state index in [9.17, 15) is 8.42 Å². The summed E-state index contributed by atoms with van der Waals surface area (Å²) in [6.45, 7) is 4.10. The SMILES string of the molecule is CCCNCCc1ccc(S(=O)(=O)N(C)C2CCC2)cc1. The van der Waals surface area contributed by atoms with Crippen LogP contribution in [0.25, 0.3) is 0 Å². The summed E-state index contributed by atoms with van der Waals surface area (Å²) < 4.78 is 26.5. The summed E-state index contributed by atoms with van der Waals surface area (Å²) in [5.41, 5.74) is 1.17. The van der Waals surface area contributed by atoms with Gasteiger partial charge in [-0.2, -0.15) is 4.31 Å². The van der Waals surface area contributed by atoms with E-state index in [1.165, 1.54) is 9.87 Å². The molecule has 0 radical (unpaired) electrons. The maximum atomic E-state index is 12.5. The fraction of sp³-hybridized carbons (Fsp3) is 0.625. The molecule has 1 saturated carbocycles. The molecule has 0 aromatic heterocycles. The number of hydrogen-bond donors (Lipinski definition) is 1. The first-order valence-electron chi connectivity index (χ1n) is 7.83. The van der Waals surface area contributed by atoms with Crippen molar-refractivity contribution in [3.63, 3.8) is 0 Å². The van der Waals surface area contributed by atoms with Crippen molar-refractivity contribution in [1.29, 1.82) is 0 Å². The fourth-order valence-electron chi connectivity index (χ4n) is 2.48. The fourth-order valence-corrected chi connectivity index (χ4v) is 3.89. The highest BCUT2D eigenvalue weighted by Gasteiger charge is 2.31. The second-order valence-corrected chi connectivity index (χ2v) is 7.75. The predicted octanol–water partition coefficient (Wildman–Crippen LogP) is 2.40. The summed E-state index contributed by atoms with van der Waals surface area (Å²) in [6, 6.07) is 7.51. The molecular formula is C16H26N2O2S. The van der Waals surface area contributed by atoms with Crippen LogP contribution in [0.1, 0.15) is 38.2 Å². The van der Waals surface area contributed by atoms with Crippen molar-refractivity contribution in [3.8, 4) is 0 Å². The molecule has 1 aliphatic carbocycles. The molecule has 0 heterocycles. The van der Waals surface area contributed by atoms with E-state index in [4.69, 9.17) is 0 Å². The van der Waals surface area contributed by atoms with E-state index in [-0.39, 0.29) is 6.04 Å². The molecule has 1 aromatic carbocycles. The van der Waals surface area contributed by atoms with Crippen LogP contribution in [0.15, 0.2) is 29.2 Å². The summed E-state index contributed by atoms with van der Waals surface area (Å²) in [6.07, 6.45) is 5.16. The summed E-state index contributed by atoms with van der Waals surface area (Å²) in [5, 5.41) is 3.35. The highest BCUT2D eigenvalue weighted by Crippen LogP contribution is 2.28.